The van der Waals surface area contributed by atoms with Gasteiger partial charge in [0.1, 0.15) is 5.69 Å². The molecule has 2 rings (SSSR count). The summed E-state index contributed by atoms with van der Waals surface area (Å²) in [6.45, 7) is 7.03. The maximum Gasteiger partial charge on any atom is 0.228 e. The standard InChI is InChI=1S/C13H18N4O/c1-9(2)14-8-6-11-16-13(17-18-11)12-10(3)5-4-7-15-12/h4-5,7,9,14H,6,8H2,1-3H3. The van der Waals surface area contributed by atoms with Crippen LogP contribution in [0.1, 0.15) is 25.3 Å². The van der Waals surface area contributed by atoms with Crippen LogP contribution in [0.5, 0.6) is 0 Å². The molecule has 2 aromatic rings. The van der Waals surface area contributed by atoms with E-state index in [4.69, 9.17) is 4.52 Å². The predicted octanol–water partition coefficient (Wildman–Crippen LogP) is 1.98. The average molecular weight is 246 g/mol. The molecule has 0 fully saturated rings. The number of rotatable bonds is 5. The second-order valence-electron chi connectivity index (χ2n) is 4.54. The highest BCUT2D eigenvalue weighted by molar-refractivity contribution is 5.52. The van der Waals surface area contributed by atoms with E-state index in [0.29, 0.717) is 17.8 Å². The van der Waals surface area contributed by atoms with Gasteiger partial charge in [-0.25, -0.2) is 0 Å². The lowest BCUT2D eigenvalue weighted by atomic mass is 10.2. The fourth-order valence-corrected chi connectivity index (χ4v) is 1.64. The number of pyridine rings is 1. The molecule has 0 saturated heterocycles. The van der Waals surface area contributed by atoms with Gasteiger partial charge in [-0.3, -0.25) is 4.98 Å². The summed E-state index contributed by atoms with van der Waals surface area (Å²) in [6.07, 6.45) is 2.47. The normalized spacial score (nSPS) is 11.1. The monoisotopic (exact) mass is 246 g/mol. The van der Waals surface area contributed by atoms with Crippen LogP contribution in [0.2, 0.25) is 0 Å². The predicted molar refractivity (Wildman–Crippen MR) is 69.1 cm³/mol. The number of nitrogens with zero attached hydrogens (tertiary/aromatic N) is 3. The van der Waals surface area contributed by atoms with E-state index in [9.17, 15) is 0 Å². The molecule has 0 aromatic carbocycles. The van der Waals surface area contributed by atoms with Crippen LogP contribution in [0.15, 0.2) is 22.9 Å². The highest BCUT2D eigenvalue weighted by Gasteiger charge is 2.11. The van der Waals surface area contributed by atoms with Gasteiger partial charge < -0.3 is 9.84 Å². The van der Waals surface area contributed by atoms with E-state index in [1.807, 2.05) is 19.1 Å². The lowest BCUT2D eigenvalue weighted by molar-refractivity contribution is 0.374. The number of aryl methyl sites for hydroxylation is 1. The molecule has 0 radical (unpaired) electrons. The molecule has 0 aliphatic rings. The molecule has 0 atom stereocenters. The molecule has 18 heavy (non-hydrogen) atoms. The molecule has 0 aliphatic heterocycles. The van der Waals surface area contributed by atoms with Crippen LogP contribution in [0.25, 0.3) is 11.5 Å². The Kier molecular flexibility index (Phi) is 4.04. The molecule has 0 saturated carbocycles. The fraction of sp³-hybridized carbons (Fsp3) is 0.462. The molecule has 2 aromatic heterocycles. The first kappa shape index (κ1) is 12.7. The third-order valence-corrected chi connectivity index (χ3v) is 2.58. The minimum atomic E-state index is 0.463. The van der Waals surface area contributed by atoms with Gasteiger partial charge in [0.25, 0.3) is 0 Å². The molecule has 0 aliphatic carbocycles. The van der Waals surface area contributed by atoms with Crippen molar-refractivity contribution in [2.24, 2.45) is 0 Å². The van der Waals surface area contributed by atoms with Crippen molar-refractivity contribution in [1.82, 2.24) is 20.4 Å². The molecular weight excluding hydrogens is 228 g/mol. The van der Waals surface area contributed by atoms with Crippen molar-refractivity contribution < 1.29 is 4.52 Å². The van der Waals surface area contributed by atoms with Gasteiger partial charge in [-0.15, -0.1) is 0 Å². The number of aromatic nitrogens is 3. The van der Waals surface area contributed by atoms with E-state index in [1.165, 1.54) is 0 Å². The van der Waals surface area contributed by atoms with Crippen molar-refractivity contribution in [2.45, 2.75) is 33.2 Å². The van der Waals surface area contributed by atoms with Gasteiger partial charge in [0, 0.05) is 25.2 Å². The molecule has 96 valence electrons. The first-order valence-corrected chi connectivity index (χ1v) is 6.15. The van der Waals surface area contributed by atoms with Crippen LogP contribution in [0.4, 0.5) is 0 Å². The molecule has 0 bridgehead atoms. The van der Waals surface area contributed by atoms with Crippen molar-refractivity contribution in [2.75, 3.05) is 6.54 Å². The summed E-state index contributed by atoms with van der Waals surface area (Å²) < 4.78 is 5.21. The Morgan fingerprint density at radius 3 is 2.94 bits per heavy atom. The third kappa shape index (κ3) is 3.13. The number of nitrogens with one attached hydrogen (secondary N) is 1. The zero-order valence-electron chi connectivity index (χ0n) is 11.0. The van der Waals surface area contributed by atoms with Crippen LogP contribution < -0.4 is 5.32 Å². The first-order valence-electron chi connectivity index (χ1n) is 6.15. The van der Waals surface area contributed by atoms with Crippen LogP contribution in [0, 0.1) is 6.92 Å². The minimum Gasteiger partial charge on any atom is -0.339 e. The van der Waals surface area contributed by atoms with Gasteiger partial charge in [0.15, 0.2) is 0 Å². The van der Waals surface area contributed by atoms with E-state index in [0.717, 1.165) is 24.2 Å². The van der Waals surface area contributed by atoms with E-state index < -0.39 is 0 Å². The SMILES string of the molecule is Cc1cccnc1-c1noc(CCNC(C)C)n1. The molecule has 2 heterocycles. The number of hydrogen-bond donors (Lipinski definition) is 1. The largest absolute Gasteiger partial charge is 0.339 e. The Balaban J connectivity index is 2.04. The van der Waals surface area contributed by atoms with Crippen LogP contribution >= 0.6 is 0 Å². The molecule has 0 spiro atoms. The quantitative estimate of drug-likeness (QED) is 0.874. The second-order valence-corrected chi connectivity index (χ2v) is 4.54. The van der Waals surface area contributed by atoms with Gasteiger partial charge in [0.05, 0.1) is 0 Å². The highest BCUT2D eigenvalue weighted by Crippen LogP contribution is 2.16. The Morgan fingerprint density at radius 2 is 2.22 bits per heavy atom. The van der Waals surface area contributed by atoms with Crippen LogP contribution in [-0.2, 0) is 6.42 Å². The van der Waals surface area contributed by atoms with E-state index >= 15 is 0 Å². The fourth-order valence-electron chi connectivity index (χ4n) is 1.64. The maximum atomic E-state index is 5.21. The molecule has 1 N–H and O–H groups in total. The van der Waals surface area contributed by atoms with Crippen molar-refractivity contribution in [1.29, 1.82) is 0 Å². The summed E-state index contributed by atoms with van der Waals surface area (Å²) in [6, 6.07) is 4.34. The second kappa shape index (κ2) is 5.73. The summed E-state index contributed by atoms with van der Waals surface area (Å²) in [5, 5.41) is 7.28. The summed E-state index contributed by atoms with van der Waals surface area (Å²) in [7, 11) is 0. The average Bonchev–Trinajstić information content (AvgIpc) is 2.78. The zero-order valence-corrected chi connectivity index (χ0v) is 11.0. The Bertz CT molecular complexity index is 507. The van der Waals surface area contributed by atoms with Crippen molar-refractivity contribution in [3.8, 4) is 11.5 Å². The Hall–Kier alpha value is -1.75. The number of hydrogen-bond acceptors (Lipinski definition) is 5. The summed E-state index contributed by atoms with van der Waals surface area (Å²) in [5.74, 6) is 1.20. The topological polar surface area (TPSA) is 63.8 Å². The van der Waals surface area contributed by atoms with Crippen molar-refractivity contribution >= 4 is 0 Å². The summed E-state index contributed by atoms with van der Waals surface area (Å²) in [5.41, 5.74) is 1.83. The lowest BCUT2D eigenvalue weighted by Gasteiger charge is -2.04. The zero-order chi connectivity index (χ0) is 13.0. The molecular formula is C13H18N4O. The van der Waals surface area contributed by atoms with E-state index in [1.54, 1.807) is 6.20 Å². The molecule has 5 nitrogen and oxygen atoms in total. The van der Waals surface area contributed by atoms with Gasteiger partial charge in [-0.2, -0.15) is 4.98 Å². The van der Waals surface area contributed by atoms with Gasteiger partial charge in [-0.05, 0) is 18.6 Å². The van der Waals surface area contributed by atoms with Gasteiger partial charge >= 0.3 is 0 Å². The third-order valence-electron chi connectivity index (χ3n) is 2.58. The molecule has 0 amide bonds. The van der Waals surface area contributed by atoms with Gasteiger partial charge in [-0.1, -0.05) is 25.1 Å². The van der Waals surface area contributed by atoms with E-state index in [2.05, 4.69) is 34.3 Å². The Labute approximate surface area is 107 Å². The van der Waals surface area contributed by atoms with E-state index in [-0.39, 0.29) is 0 Å². The van der Waals surface area contributed by atoms with Crippen molar-refractivity contribution in [3.05, 3.63) is 29.8 Å². The van der Waals surface area contributed by atoms with Crippen molar-refractivity contribution in [3.63, 3.8) is 0 Å². The minimum absolute atomic E-state index is 0.463. The maximum absolute atomic E-state index is 5.21. The lowest BCUT2D eigenvalue weighted by Crippen LogP contribution is -2.25. The Morgan fingerprint density at radius 1 is 1.39 bits per heavy atom. The molecule has 0 unspecified atom stereocenters. The molecule has 5 heteroatoms. The first-order chi connectivity index (χ1) is 8.66. The summed E-state index contributed by atoms with van der Waals surface area (Å²) in [4.78, 5) is 8.63. The summed E-state index contributed by atoms with van der Waals surface area (Å²) >= 11 is 0. The highest BCUT2D eigenvalue weighted by atomic mass is 16.5. The van der Waals surface area contributed by atoms with Gasteiger partial charge in [0.2, 0.25) is 11.7 Å². The van der Waals surface area contributed by atoms with Crippen LogP contribution in [0.3, 0.4) is 0 Å². The smallest absolute Gasteiger partial charge is 0.228 e. The van der Waals surface area contributed by atoms with Crippen LogP contribution in [-0.4, -0.2) is 27.7 Å².